The number of nitrogens with zero attached hydrogens (tertiary/aromatic N) is 3. The number of ether oxygens (including phenoxy) is 1. The third-order valence-electron chi connectivity index (χ3n) is 4.06. The average molecular weight is 363 g/mol. The van der Waals surface area contributed by atoms with Gasteiger partial charge in [-0.25, -0.2) is 0 Å². The van der Waals surface area contributed by atoms with E-state index in [1.54, 1.807) is 29.5 Å². The zero-order valence-electron chi connectivity index (χ0n) is 13.2. The fourth-order valence-corrected chi connectivity index (χ4v) is 3.80. The Morgan fingerprint density at radius 2 is 2.16 bits per heavy atom. The summed E-state index contributed by atoms with van der Waals surface area (Å²) in [6.07, 6.45) is 1.01. The number of thiophene rings is 1. The molecule has 0 spiro atoms. The zero-order chi connectivity index (χ0) is 17.2. The third kappa shape index (κ3) is 3.54. The van der Waals surface area contributed by atoms with Gasteiger partial charge in [-0.05, 0) is 35.6 Å². The lowest BCUT2D eigenvalue weighted by atomic mass is 10.1. The molecule has 2 aromatic heterocycles. The molecule has 3 aromatic rings. The quantitative estimate of drug-likeness (QED) is 0.687. The number of para-hydroxylation sites is 1. The first kappa shape index (κ1) is 16.2. The number of benzene rings is 1. The van der Waals surface area contributed by atoms with Crippen LogP contribution in [-0.4, -0.2) is 28.2 Å². The minimum atomic E-state index is -2.90. The molecule has 0 N–H and O–H groups in total. The van der Waals surface area contributed by atoms with E-state index in [9.17, 15) is 8.78 Å². The number of fused-ring (bicyclic) bond motifs is 1. The van der Waals surface area contributed by atoms with E-state index >= 15 is 0 Å². The first-order valence-corrected chi connectivity index (χ1v) is 8.71. The Hall–Kier alpha value is -2.32. The number of rotatable bonds is 5. The minimum absolute atomic E-state index is 0.0331. The van der Waals surface area contributed by atoms with Crippen LogP contribution in [0.1, 0.15) is 16.3 Å². The summed E-state index contributed by atoms with van der Waals surface area (Å²) in [6.45, 7) is -0.598. The van der Waals surface area contributed by atoms with E-state index in [1.807, 2.05) is 0 Å². The van der Waals surface area contributed by atoms with Gasteiger partial charge in [-0.2, -0.15) is 13.8 Å². The SMILES string of the molecule is FC(F)Oc1ccccc1-c1noc(CN2CCc3sccc3C2)n1. The van der Waals surface area contributed by atoms with E-state index in [0.29, 0.717) is 18.0 Å². The van der Waals surface area contributed by atoms with E-state index in [2.05, 4.69) is 31.2 Å². The number of hydrogen-bond donors (Lipinski definition) is 0. The van der Waals surface area contributed by atoms with Gasteiger partial charge in [0, 0.05) is 18.0 Å². The standard InChI is InChI=1S/C17H15F2N3O2S/c18-17(19)23-13-4-2-1-3-12(13)16-20-15(24-21-16)10-22-7-5-14-11(9-22)6-8-25-14/h1-4,6,8,17H,5,7,9-10H2. The molecule has 4 rings (SSSR count). The Morgan fingerprint density at radius 1 is 1.28 bits per heavy atom. The second kappa shape index (κ2) is 6.89. The van der Waals surface area contributed by atoms with Crippen molar-refractivity contribution < 1.29 is 18.0 Å². The lowest BCUT2D eigenvalue weighted by molar-refractivity contribution is -0.0494. The van der Waals surface area contributed by atoms with Gasteiger partial charge in [0.1, 0.15) is 5.75 Å². The maximum Gasteiger partial charge on any atom is 0.387 e. The van der Waals surface area contributed by atoms with Gasteiger partial charge < -0.3 is 9.26 Å². The molecule has 5 nitrogen and oxygen atoms in total. The van der Waals surface area contributed by atoms with Crippen molar-refractivity contribution in [3.63, 3.8) is 0 Å². The molecule has 1 aliphatic heterocycles. The highest BCUT2D eigenvalue weighted by Gasteiger charge is 2.21. The molecule has 0 amide bonds. The summed E-state index contributed by atoms with van der Waals surface area (Å²) in [5.74, 6) is 0.741. The van der Waals surface area contributed by atoms with Crippen LogP contribution in [0.5, 0.6) is 5.75 Å². The highest BCUT2D eigenvalue weighted by Crippen LogP contribution is 2.29. The van der Waals surface area contributed by atoms with Gasteiger partial charge in [-0.1, -0.05) is 17.3 Å². The molecule has 130 valence electrons. The van der Waals surface area contributed by atoms with Crippen molar-refractivity contribution in [3.05, 3.63) is 52.0 Å². The summed E-state index contributed by atoms with van der Waals surface area (Å²) < 4.78 is 34.9. The molecular weight excluding hydrogens is 348 g/mol. The van der Waals surface area contributed by atoms with Gasteiger partial charge in [0.05, 0.1) is 12.1 Å². The van der Waals surface area contributed by atoms with Crippen LogP contribution in [0.4, 0.5) is 8.78 Å². The van der Waals surface area contributed by atoms with Crippen molar-refractivity contribution in [2.45, 2.75) is 26.1 Å². The Kier molecular flexibility index (Phi) is 4.46. The molecule has 0 saturated heterocycles. The largest absolute Gasteiger partial charge is 0.434 e. The van der Waals surface area contributed by atoms with Crippen molar-refractivity contribution in [3.8, 4) is 17.1 Å². The summed E-state index contributed by atoms with van der Waals surface area (Å²) in [7, 11) is 0. The van der Waals surface area contributed by atoms with Crippen LogP contribution >= 0.6 is 11.3 Å². The first-order chi connectivity index (χ1) is 12.2. The molecule has 8 heteroatoms. The maximum atomic E-state index is 12.5. The van der Waals surface area contributed by atoms with Crippen molar-refractivity contribution in [2.24, 2.45) is 0 Å². The molecule has 1 aromatic carbocycles. The third-order valence-corrected chi connectivity index (χ3v) is 5.08. The normalized spacial score (nSPS) is 14.7. The van der Waals surface area contributed by atoms with Gasteiger partial charge >= 0.3 is 6.61 Å². The Morgan fingerprint density at radius 3 is 3.04 bits per heavy atom. The molecule has 0 atom stereocenters. The smallest absolute Gasteiger partial charge is 0.387 e. The number of halogens is 2. The molecule has 0 radical (unpaired) electrons. The Labute approximate surface area is 146 Å². The van der Waals surface area contributed by atoms with E-state index in [4.69, 9.17) is 4.52 Å². The van der Waals surface area contributed by atoms with Gasteiger partial charge in [0.15, 0.2) is 0 Å². The van der Waals surface area contributed by atoms with E-state index in [1.165, 1.54) is 16.5 Å². The van der Waals surface area contributed by atoms with E-state index < -0.39 is 6.61 Å². The maximum absolute atomic E-state index is 12.5. The predicted molar refractivity (Wildman–Crippen MR) is 88.5 cm³/mol. The molecular formula is C17H15F2N3O2S. The van der Waals surface area contributed by atoms with Crippen LogP contribution in [-0.2, 0) is 19.5 Å². The molecule has 0 unspecified atom stereocenters. The van der Waals surface area contributed by atoms with Crippen molar-refractivity contribution in [1.82, 2.24) is 15.0 Å². The molecule has 3 heterocycles. The molecule has 0 bridgehead atoms. The summed E-state index contributed by atoms with van der Waals surface area (Å²) >= 11 is 1.79. The second-order valence-electron chi connectivity index (χ2n) is 5.72. The van der Waals surface area contributed by atoms with Gasteiger partial charge in [-0.15, -0.1) is 11.3 Å². The average Bonchev–Trinajstić information content (AvgIpc) is 3.23. The molecule has 0 fully saturated rings. The number of hydrogen-bond acceptors (Lipinski definition) is 6. The van der Waals surface area contributed by atoms with Crippen LogP contribution in [0.3, 0.4) is 0 Å². The van der Waals surface area contributed by atoms with E-state index in [0.717, 1.165) is 19.5 Å². The number of alkyl halides is 2. The van der Waals surface area contributed by atoms with E-state index in [-0.39, 0.29) is 11.6 Å². The highest BCUT2D eigenvalue weighted by atomic mass is 32.1. The lowest BCUT2D eigenvalue weighted by Crippen LogP contribution is -2.29. The van der Waals surface area contributed by atoms with Gasteiger partial charge in [0.2, 0.25) is 11.7 Å². The molecule has 0 aliphatic carbocycles. The summed E-state index contributed by atoms with van der Waals surface area (Å²) in [4.78, 5) is 8.01. The molecule has 1 aliphatic rings. The lowest BCUT2D eigenvalue weighted by Gasteiger charge is -2.24. The van der Waals surface area contributed by atoms with Crippen LogP contribution < -0.4 is 4.74 Å². The van der Waals surface area contributed by atoms with Crippen molar-refractivity contribution in [1.29, 1.82) is 0 Å². The molecule has 25 heavy (non-hydrogen) atoms. The zero-order valence-corrected chi connectivity index (χ0v) is 14.0. The van der Waals surface area contributed by atoms with Crippen molar-refractivity contribution in [2.75, 3.05) is 6.54 Å². The first-order valence-electron chi connectivity index (χ1n) is 7.83. The topological polar surface area (TPSA) is 51.4 Å². The summed E-state index contributed by atoms with van der Waals surface area (Å²) in [5.41, 5.74) is 1.73. The van der Waals surface area contributed by atoms with Gasteiger partial charge in [-0.3, -0.25) is 4.90 Å². The Balaban J connectivity index is 1.50. The fraction of sp³-hybridized carbons (Fsp3) is 0.294. The molecule has 0 saturated carbocycles. The Bertz CT molecular complexity index is 865. The predicted octanol–water partition coefficient (Wildman–Crippen LogP) is 3.96. The van der Waals surface area contributed by atoms with Crippen LogP contribution in [0, 0.1) is 0 Å². The number of aromatic nitrogens is 2. The summed E-state index contributed by atoms with van der Waals surface area (Å²) in [6, 6.07) is 8.56. The van der Waals surface area contributed by atoms with Gasteiger partial charge in [0.25, 0.3) is 0 Å². The van der Waals surface area contributed by atoms with Crippen LogP contribution in [0.2, 0.25) is 0 Å². The van der Waals surface area contributed by atoms with Crippen LogP contribution in [0.25, 0.3) is 11.4 Å². The van der Waals surface area contributed by atoms with Crippen molar-refractivity contribution >= 4 is 11.3 Å². The fourth-order valence-electron chi connectivity index (χ4n) is 2.91. The minimum Gasteiger partial charge on any atom is -0.434 e. The highest BCUT2D eigenvalue weighted by molar-refractivity contribution is 7.10. The second-order valence-corrected chi connectivity index (χ2v) is 6.72. The summed E-state index contributed by atoms with van der Waals surface area (Å²) in [5, 5.41) is 6.03. The van der Waals surface area contributed by atoms with Crippen LogP contribution in [0.15, 0.2) is 40.2 Å². The monoisotopic (exact) mass is 363 g/mol.